The summed E-state index contributed by atoms with van der Waals surface area (Å²) >= 11 is 1.62. The van der Waals surface area contributed by atoms with Gasteiger partial charge in [-0.25, -0.2) is 19.7 Å². The van der Waals surface area contributed by atoms with Crippen LogP contribution in [-0.4, -0.2) is 30.7 Å². The molecule has 9 heteroatoms. The number of hydrogen-bond acceptors (Lipinski definition) is 6. The minimum absolute atomic E-state index is 0.534. The van der Waals surface area contributed by atoms with Gasteiger partial charge in [0.2, 0.25) is 0 Å². The highest BCUT2D eigenvalue weighted by Crippen LogP contribution is 2.46. The molecule has 4 heterocycles. The number of para-hydroxylation sites is 2. The summed E-state index contributed by atoms with van der Waals surface area (Å²) in [7, 11) is 0. The quantitative estimate of drug-likeness (QED) is 0.206. The first kappa shape index (κ1) is 23.8. The predicted molar refractivity (Wildman–Crippen MR) is 161 cm³/mol. The second-order valence-corrected chi connectivity index (χ2v) is 11.5. The Balaban J connectivity index is 1.39. The minimum atomic E-state index is -0.997. The number of nitrogens with one attached hydrogen (secondary N) is 2. The first-order valence-corrected chi connectivity index (χ1v) is 14.3. The number of nitrogens with zero attached hydrogens (tertiary/aromatic N) is 4. The van der Waals surface area contributed by atoms with Crippen LogP contribution in [0.25, 0.3) is 49.3 Å². The van der Waals surface area contributed by atoms with E-state index < -0.39 is 11.6 Å². The molecule has 3 aromatic carbocycles. The Morgan fingerprint density at radius 2 is 1.76 bits per heavy atom. The summed E-state index contributed by atoms with van der Waals surface area (Å²) < 4.78 is 3.27. The maximum Gasteiger partial charge on any atom is 0.405 e. The average molecular weight is 557 g/mol. The lowest BCUT2D eigenvalue weighted by molar-refractivity contribution is 0.144. The monoisotopic (exact) mass is 556 g/mol. The van der Waals surface area contributed by atoms with Gasteiger partial charge in [0.05, 0.1) is 32.8 Å². The summed E-state index contributed by atoms with van der Waals surface area (Å²) in [5.41, 5.74) is 6.83. The van der Waals surface area contributed by atoms with Crippen molar-refractivity contribution in [2.45, 2.75) is 24.8 Å². The molecule has 3 aromatic heterocycles. The highest BCUT2D eigenvalue weighted by Gasteiger charge is 2.40. The molecule has 1 aliphatic heterocycles. The second-order valence-electron chi connectivity index (χ2n) is 10.4. The molecule has 0 spiro atoms. The largest absolute Gasteiger partial charge is 0.465 e. The van der Waals surface area contributed by atoms with Gasteiger partial charge >= 0.3 is 6.09 Å². The number of imidazole rings is 1. The van der Waals surface area contributed by atoms with E-state index in [0.29, 0.717) is 0 Å². The zero-order chi connectivity index (χ0) is 27.6. The summed E-state index contributed by atoms with van der Waals surface area (Å²) in [5.74, 6) is 1.54. The van der Waals surface area contributed by atoms with Crippen molar-refractivity contribution in [3.8, 4) is 39.0 Å². The SMILES string of the molecule is O=C(O)NC1(c2ccc(-c3c(-c4nc5ccccc5s4)nc4n3-c3cccnc3Nc3ccccc3-4)cc2)CCC1. The van der Waals surface area contributed by atoms with Crippen LogP contribution < -0.4 is 10.6 Å². The number of anilines is 2. The molecule has 6 aromatic rings. The van der Waals surface area contributed by atoms with Crippen LogP contribution in [-0.2, 0) is 5.54 Å². The number of hydrogen-bond donors (Lipinski definition) is 3. The normalized spacial score (nSPS) is 14.6. The molecule has 0 unspecified atom stereocenters. The van der Waals surface area contributed by atoms with Crippen molar-refractivity contribution in [3.63, 3.8) is 0 Å². The van der Waals surface area contributed by atoms with Crippen molar-refractivity contribution < 1.29 is 9.90 Å². The fraction of sp³-hybridized carbons (Fsp3) is 0.125. The molecule has 2 aliphatic rings. The molecule has 0 saturated heterocycles. The van der Waals surface area contributed by atoms with Gasteiger partial charge in [0.15, 0.2) is 5.82 Å². The van der Waals surface area contributed by atoms with Gasteiger partial charge in [-0.3, -0.25) is 4.57 Å². The van der Waals surface area contributed by atoms with Crippen molar-refractivity contribution in [1.82, 2.24) is 24.8 Å². The number of rotatable bonds is 4. The lowest BCUT2D eigenvalue weighted by Crippen LogP contribution is -2.50. The van der Waals surface area contributed by atoms with Crippen LogP contribution in [0.5, 0.6) is 0 Å². The molecular weight excluding hydrogens is 532 g/mol. The van der Waals surface area contributed by atoms with Gasteiger partial charge in [-0.15, -0.1) is 11.3 Å². The Morgan fingerprint density at radius 3 is 2.54 bits per heavy atom. The molecule has 8 rings (SSSR count). The molecule has 8 nitrogen and oxygen atoms in total. The van der Waals surface area contributed by atoms with Gasteiger partial charge in [0.25, 0.3) is 0 Å². The van der Waals surface area contributed by atoms with Crippen LogP contribution in [0.2, 0.25) is 0 Å². The predicted octanol–water partition coefficient (Wildman–Crippen LogP) is 7.58. The maximum atomic E-state index is 11.6. The topological polar surface area (TPSA) is 105 Å². The van der Waals surface area contributed by atoms with E-state index in [0.717, 1.165) is 85.6 Å². The zero-order valence-corrected chi connectivity index (χ0v) is 22.7. The van der Waals surface area contributed by atoms with Crippen molar-refractivity contribution >= 4 is 39.2 Å². The van der Waals surface area contributed by atoms with E-state index in [1.54, 1.807) is 17.5 Å². The standard InChI is InChI=1S/C32H24N6O2S/c39-31(40)37-32(16-6-17-32)20-14-12-19(13-15-20)27-26(30-35-23-9-3-4-11-25(23)41-30)36-29-21-7-1-2-8-22(21)34-28-24(38(27)29)10-5-18-33-28/h1-5,7-15,18,37H,6,16-17H2,(H,33,34)(H,39,40). The lowest BCUT2D eigenvalue weighted by atomic mass is 9.72. The number of amides is 1. The van der Waals surface area contributed by atoms with Crippen LogP contribution in [0.15, 0.2) is 91.1 Å². The Hall–Kier alpha value is -5.02. The number of pyridine rings is 1. The van der Waals surface area contributed by atoms with Crippen LogP contribution >= 0.6 is 11.3 Å². The van der Waals surface area contributed by atoms with Gasteiger partial charge in [-0.1, -0.05) is 48.5 Å². The van der Waals surface area contributed by atoms with E-state index >= 15 is 0 Å². The van der Waals surface area contributed by atoms with Crippen LogP contribution in [0.3, 0.4) is 0 Å². The van der Waals surface area contributed by atoms with Crippen LogP contribution in [0.1, 0.15) is 24.8 Å². The zero-order valence-electron chi connectivity index (χ0n) is 21.8. The summed E-state index contributed by atoms with van der Waals surface area (Å²) in [6.07, 6.45) is 3.37. The van der Waals surface area contributed by atoms with Gasteiger partial charge in [-0.05, 0) is 61.2 Å². The summed E-state index contributed by atoms with van der Waals surface area (Å²) in [5, 5.41) is 16.6. The van der Waals surface area contributed by atoms with Crippen molar-refractivity contribution in [2.75, 3.05) is 5.32 Å². The third-order valence-corrected chi connectivity index (χ3v) is 9.13. The second kappa shape index (κ2) is 9.00. The van der Waals surface area contributed by atoms with Crippen LogP contribution in [0, 0.1) is 0 Å². The Morgan fingerprint density at radius 1 is 0.951 bits per heavy atom. The third-order valence-electron chi connectivity index (χ3n) is 8.09. The number of carboxylic acid groups (broad SMARTS) is 1. The third kappa shape index (κ3) is 3.73. The first-order valence-electron chi connectivity index (χ1n) is 13.5. The Kier molecular flexibility index (Phi) is 5.23. The van der Waals surface area contributed by atoms with Crippen molar-refractivity contribution in [1.29, 1.82) is 0 Å². The molecule has 1 saturated carbocycles. The molecule has 3 N–H and O–H groups in total. The van der Waals surface area contributed by atoms with Gasteiger partial charge in [0.1, 0.15) is 16.5 Å². The Bertz CT molecular complexity index is 1940. The summed E-state index contributed by atoms with van der Waals surface area (Å²) in [6.45, 7) is 0. The summed E-state index contributed by atoms with van der Waals surface area (Å²) in [6, 6.07) is 28.5. The maximum absolute atomic E-state index is 11.6. The van der Waals surface area contributed by atoms with Crippen molar-refractivity contribution in [3.05, 3.63) is 96.7 Å². The highest BCUT2D eigenvalue weighted by atomic mass is 32.1. The number of carbonyl (C=O) groups is 1. The van der Waals surface area contributed by atoms with Gasteiger partial charge in [0, 0.05) is 17.3 Å². The first-order chi connectivity index (χ1) is 20.1. The minimum Gasteiger partial charge on any atom is -0.465 e. The Labute approximate surface area is 239 Å². The molecule has 0 atom stereocenters. The highest BCUT2D eigenvalue weighted by molar-refractivity contribution is 7.21. The fourth-order valence-electron chi connectivity index (χ4n) is 5.98. The molecule has 200 valence electrons. The molecule has 1 fully saturated rings. The van der Waals surface area contributed by atoms with E-state index in [4.69, 9.17) is 9.97 Å². The molecule has 1 amide bonds. The van der Waals surface area contributed by atoms with E-state index in [1.165, 1.54) is 0 Å². The molecule has 0 bridgehead atoms. The van der Waals surface area contributed by atoms with E-state index in [-0.39, 0.29) is 0 Å². The molecule has 1 aliphatic carbocycles. The van der Waals surface area contributed by atoms with Crippen LogP contribution in [0.4, 0.5) is 16.3 Å². The number of thiazole rings is 1. The van der Waals surface area contributed by atoms with Gasteiger partial charge < -0.3 is 15.7 Å². The van der Waals surface area contributed by atoms with Crippen molar-refractivity contribution in [2.24, 2.45) is 0 Å². The number of benzene rings is 3. The number of aromatic nitrogens is 4. The summed E-state index contributed by atoms with van der Waals surface area (Å²) in [4.78, 5) is 26.5. The van der Waals surface area contributed by atoms with Gasteiger partial charge in [-0.2, -0.15) is 0 Å². The smallest absolute Gasteiger partial charge is 0.405 e. The fourth-order valence-corrected chi connectivity index (χ4v) is 6.94. The van der Waals surface area contributed by atoms with E-state index in [9.17, 15) is 9.90 Å². The van der Waals surface area contributed by atoms with E-state index in [1.807, 2.05) is 60.7 Å². The average Bonchev–Trinajstić information content (AvgIpc) is 3.54. The molecule has 0 radical (unpaired) electrons. The molecular formula is C32H24N6O2S. The molecule has 41 heavy (non-hydrogen) atoms. The van der Waals surface area contributed by atoms with E-state index in [2.05, 4.69) is 44.5 Å². The number of fused-ring (bicyclic) bond motifs is 6. The lowest BCUT2D eigenvalue weighted by Gasteiger charge is -2.42.